The van der Waals surface area contributed by atoms with Crippen molar-refractivity contribution in [2.24, 2.45) is 7.05 Å². The standard InChI is InChI=1S/C13H13N3O2/c1-16-7-6-9(8-12(16)17)13(18)15-11-4-2-10(14)3-5-11/h2-8H,14H2,1H3,(H,15,18). The molecule has 1 heterocycles. The fourth-order valence-corrected chi connectivity index (χ4v) is 1.46. The van der Waals surface area contributed by atoms with Crippen molar-refractivity contribution in [2.75, 3.05) is 11.1 Å². The number of benzene rings is 1. The molecular weight excluding hydrogens is 230 g/mol. The number of hydrogen-bond donors (Lipinski definition) is 2. The molecule has 3 N–H and O–H groups in total. The Hall–Kier alpha value is -2.56. The van der Waals surface area contributed by atoms with Gasteiger partial charge in [-0.1, -0.05) is 0 Å². The highest BCUT2D eigenvalue weighted by atomic mass is 16.2. The third-order valence-electron chi connectivity index (χ3n) is 2.54. The summed E-state index contributed by atoms with van der Waals surface area (Å²) in [5, 5.41) is 2.69. The van der Waals surface area contributed by atoms with Gasteiger partial charge >= 0.3 is 0 Å². The normalized spacial score (nSPS) is 10.1. The average molecular weight is 243 g/mol. The van der Waals surface area contributed by atoms with Gasteiger partial charge in [-0.2, -0.15) is 0 Å². The SMILES string of the molecule is Cn1ccc(C(=O)Nc2ccc(N)cc2)cc1=O. The van der Waals surface area contributed by atoms with Gasteiger partial charge in [-0.05, 0) is 30.3 Å². The number of carbonyl (C=O) groups is 1. The molecule has 5 nitrogen and oxygen atoms in total. The largest absolute Gasteiger partial charge is 0.399 e. The zero-order chi connectivity index (χ0) is 13.1. The Morgan fingerprint density at radius 3 is 2.50 bits per heavy atom. The highest BCUT2D eigenvalue weighted by Gasteiger charge is 2.06. The van der Waals surface area contributed by atoms with Crippen LogP contribution in [0.25, 0.3) is 0 Å². The van der Waals surface area contributed by atoms with Crippen LogP contribution in [0.3, 0.4) is 0 Å². The van der Waals surface area contributed by atoms with Gasteiger partial charge in [0.2, 0.25) is 0 Å². The number of pyridine rings is 1. The lowest BCUT2D eigenvalue weighted by Gasteiger charge is -2.05. The van der Waals surface area contributed by atoms with E-state index in [4.69, 9.17) is 5.73 Å². The minimum absolute atomic E-state index is 0.222. The van der Waals surface area contributed by atoms with E-state index < -0.39 is 0 Å². The zero-order valence-corrected chi connectivity index (χ0v) is 9.88. The first-order valence-electron chi connectivity index (χ1n) is 5.40. The van der Waals surface area contributed by atoms with Crippen molar-refractivity contribution >= 4 is 17.3 Å². The lowest BCUT2D eigenvalue weighted by molar-refractivity contribution is 0.102. The van der Waals surface area contributed by atoms with Crippen molar-refractivity contribution in [3.05, 3.63) is 58.5 Å². The third-order valence-corrected chi connectivity index (χ3v) is 2.54. The molecule has 0 aliphatic carbocycles. The highest BCUT2D eigenvalue weighted by Crippen LogP contribution is 2.11. The molecule has 2 aromatic rings. The maximum atomic E-state index is 11.9. The van der Waals surface area contributed by atoms with Crippen molar-refractivity contribution in [1.29, 1.82) is 0 Å². The Kier molecular flexibility index (Phi) is 3.14. The predicted molar refractivity (Wildman–Crippen MR) is 70.5 cm³/mol. The van der Waals surface area contributed by atoms with Crippen molar-refractivity contribution in [1.82, 2.24) is 4.57 Å². The lowest BCUT2D eigenvalue weighted by atomic mass is 10.2. The summed E-state index contributed by atoms with van der Waals surface area (Å²) in [6, 6.07) is 9.68. The van der Waals surface area contributed by atoms with Gasteiger partial charge in [-0.15, -0.1) is 0 Å². The number of hydrogen-bond acceptors (Lipinski definition) is 3. The smallest absolute Gasteiger partial charge is 0.255 e. The number of nitrogen functional groups attached to an aromatic ring is 1. The number of aryl methyl sites for hydroxylation is 1. The second-order valence-electron chi connectivity index (χ2n) is 3.94. The molecule has 0 aliphatic rings. The molecule has 5 heteroatoms. The minimum Gasteiger partial charge on any atom is -0.399 e. The average Bonchev–Trinajstić information content (AvgIpc) is 2.35. The van der Waals surface area contributed by atoms with Crippen LogP contribution in [0.15, 0.2) is 47.4 Å². The molecule has 0 spiro atoms. The Bertz CT molecular complexity index is 629. The fourth-order valence-electron chi connectivity index (χ4n) is 1.46. The third kappa shape index (κ3) is 2.57. The van der Waals surface area contributed by atoms with Gasteiger partial charge in [-0.3, -0.25) is 9.59 Å². The first kappa shape index (κ1) is 11.9. The fraction of sp³-hybridized carbons (Fsp3) is 0.0769. The molecule has 0 radical (unpaired) electrons. The summed E-state index contributed by atoms with van der Waals surface area (Å²) in [5.41, 5.74) is 6.92. The van der Waals surface area contributed by atoms with Crippen molar-refractivity contribution in [3.63, 3.8) is 0 Å². The van der Waals surface area contributed by atoms with Gasteiger partial charge in [0.15, 0.2) is 0 Å². The van der Waals surface area contributed by atoms with Gasteiger partial charge in [-0.25, -0.2) is 0 Å². The van der Waals surface area contributed by atoms with Crippen LogP contribution >= 0.6 is 0 Å². The van der Waals surface area contributed by atoms with Crippen LogP contribution in [0.1, 0.15) is 10.4 Å². The summed E-state index contributed by atoms with van der Waals surface area (Å²) < 4.78 is 1.40. The Balaban J connectivity index is 2.19. The van der Waals surface area contributed by atoms with E-state index in [1.165, 1.54) is 10.6 Å². The predicted octanol–water partition coefficient (Wildman–Crippen LogP) is 1.22. The molecule has 0 aliphatic heterocycles. The molecule has 0 saturated heterocycles. The van der Waals surface area contributed by atoms with Crippen molar-refractivity contribution in [3.8, 4) is 0 Å². The van der Waals surface area contributed by atoms with Crippen molar-refractivity contribution < 1.29 is 4.79 Å². The number of aromatic nitrogens is 1. The maximum Gasteiger partial charge on any atom is 0.255 e. The van der Waals surface area contributed by atoms with E-state index in [0.29, 0.717) is 16.9 Å². The Labute approximate surface area is 104 Å². The van der Waals surface area contributed by atoms with Crippen LogP contribution in [-0.2, 0) is 7.05 Å². The van der Waals surface area contributed by atoms with Crippen LogP contribution in [0.4, 0.5) is 11.4 Å². The second-order valence-corrected chi connectivity index (χ2v) is 3.94. The van der Waals surface area contributed by atoms with E-state index in [9.17, 15) is 9.59 Å². The number of nitrogens with one attached hydrogen (secondary N) is 1. The highest BCUT2D eigenvalue weighted by molar-refractivity contribution is 6.04. The number of carbonyl (C=O) groups excluding carboxylic acids is 1. The summed E-state index contributed by atoms with van der Waals surface area (Å²) in [6.45, 7) is 0. The molecule has 0 fully saturated rings. The summed E-state index contributed by atoms with van der Waals surface area (Å²) >= 11 is 0. The topological polar surface area (TPSA) is 77.1 Å². The van der Waals surface area contributed by atoms with Crippen molar-refractivity contribution in [2.45, 2.75) is 0 Å². The summed E-state index contributed by atoms with van der Waals surface area (Å²) in [4.78, 5) is 23.3. The molecule has 0 saturated carbocycles. The van der Waals surface area contributed by atoms with Gasteiger partial charge in [0.05, 0.1) is 0 Å². The van der Waals surface area contributed by atoms with E-state index >= 15 is 0 Å². The number of amides is 1. The summed E-state index contributed by atoms with van der Waals surface area (Å²) in [6.07, 6.45) is 1.56. The molecule has 1 amide bonds. The maximum absolute atomic E-state index is 11.9. The van der Waals surface area contributed by atoms with Crippen LogP contribution < -0.4 is 16.6 Å². The molecule has 1 aromatic carbocycles. The van der Waals surface area contributed by atoms with E-state index in [1.807, 2.05) is 0 Å². The van der Waals surface area contributed by atoms with Gasteiger partial charge in [0.1, 0.15) is 0 Å². The van der Waals surface area contributed by atoms with Gasteiger partial charge < -0.3 is 15.6 Å². The minimum atomic E-state index is -0.322. The quantitative estimate of drug-likeness (QED) is 0.778. The Morgan fingerprint density at radius 1 is 1.22 bits per heavy atom. The second kappa shape index (κ2) is 4.75. The molecule has 2 rings (SSSR count). The first-order valence-corrected chi connectivity index (χ1v) is 5.40. The summed E-state index contributed by atoms with van der Waals surface area (Å²) in [5.74, 6) is -0.322. The molecular formula is C13H13N3O2. The molecule has 18 heavy (non-hydrogen) atoms. The molecule has 1 aromatic heterocycles. The number of anilines is 2. The van der Waals surface area contributed by atoms with E-state index in [1.54, 1.807) is 43.6 Å². The first-order chi connectivity index (χ1) is 8.56. The number of rotatable bonds is 2. The monoisotopic (exact) mass is 243 g/mol. The lowest BCUT2D eigenvalue weighted by Crippen LogP contribution is -2.19. The van der Waals surface area contributed by atoms with Gasteiger partial charge in [0, 0.05) is 36.2 Å². The number of nitrogens with zero attached hydrogens (tertiary/aromatic N) is 1. The summed E-state index contributed by atoms with van der Waals surface area (Å²) in [7, 11) is 1.63. The van der Waals surface area contributed by atoms with E-state index in [2.05, 4.69) is 5.32 Å². The molecule has 0 unspecified atom stereocenters. The van der Waals surface area contributed by atoms with E-state index in [-0.39, 0.29) is 11.5 Å². The molecule has 0 atom stereocenters. The zero-order valence-electron chi connectivity index (χ0n) is 9.88. The Morgan fingerprint density at radius 2 is 1.89 bits per heavy atom. The molecule has 0 bridgehead atoms. The van der Waals surface area contributed by atoms with E-state index in [0.717, 1.165) is 0 Å². The van der Waals surface area contributed by atoms with Gasteiger partial charge in [0.25, 0.3) is 11.5 Å². The van der Waals surface area contributed by atoms with Crippen LogP contribution in [0, 0.1) is 0 Å². The van der Waals surface area contributed by atoms with Crippen LogP contribution in [0.2, 0.25) is 0 Å². The van der Waals surface area contributed by atoms with Crippen LogP contribution in [0.5, 0.6) is 0 Å². The molecule has 92 valence electrons. The number of nitrogens with two attached hydrogens (primary N) is 1. The van der Waals surface area contributed by atoms with Crippen LogP contribution in [-0.4, -0.2) is 10.5 Å².